The maximum Gasteiger partial charge on any atom is 0.263 e. The minimum absolute atomic E-state index is 0.115. The molecule has 0 aliphatic carbocycles. The lowest BCUT2D eigenvalue weighted by atomic mass is 10.2. The van der Waals surface area contributed by atoms with E-state index in [9.17, 15) is 4.79 Å². The van der Waals surface area contributed by atoms with Gasteiger partial charge in [0.25, 0.3) is 5.91 Å². The molecule has 3 N–H and O–H groups in total. The van der Waals surface area contributed by atoms with Gasteiger partial charge in [0.1, 0.15) is 6.10 Å². The van der Waals surface area contributed by atoms with Crippen LogP contribution in [0.2, 0.25) is 0 Å². The van der Waals surface area contributed by atoms with Crippen molar-refractivity contribution in [1.29, 1.82) is 0 Å². The summed E-state index contributed by atoms with van der Waals surface area (Å²) in [5.74, 6) is 4.84. The van der Waals surface area contributed by atoms with E-state index in [0.29, 0.717) is 0 Å². The third kappa shape index (κ3) is 4.99. The van der Waals surface area contributed by atoms with Crippen molar-refractivity contribution in [3.63, 3.8) is 0 Å². The fraction of sp³-hybridized carbons (Fsp3) is 0.909. The largest absolute Gasteiger partial charge is 0.380 e. The van der Waals surface area contributed by atoms with E-state index in [1.54, 1.807) is 0 Å². The minimum Gasteiger partial charge on any atom is -0.380 e. The first-order valence-electron chi connectivity index (χ1n) is 6.09. The van der Waals surface area contributed by atoms with Crippen LogP contribution in [0, 0.1) is 0 Å². The minimum atomic E-state index is -0.384. The number of rotatable bonds is 7. The molecule has 6 heteroatoms. The van der Waals surface area contributed by atoms with Crippen LogP contribution in [0.15, 0.2) is 0 Å². The molecule has 0 aromatic rings. The first kappa shape index (κ1) is 14.4. The van der Waals surface area contributed by atoms with Crippen molar-refractivity contribution in [2.24, 2.45) is 5.84 Å². The molecule has 2 atom stereocenters. The van der Waals surface area contributed by atoms with Gasteiger partial charge in [0.05, 0.1) is 12.7 Å². The monoisotopic (exact) mass is 245 g/mol. The highest BCUT2D eigenvalue weighted by atomic mass is 16.5. The molecule has 6 nitrogen and oxygen atoms in total. The standard InChI is InChI=1S/C11H23N3O3/c1-3-16-7-6-14(2)8-9-4-5-10(17-9)11(15)13-12/h9-10H,3-8,12H2,1-2H3,(H,13,15). The van der Waals surface area contributed by atoms with Crippen LogP contribution in [0.5, 0.6) is 0 Å². The summed E-state index contributed by atoms with van der Waals surface area (Å²) < 4.78 is 10.9. The molecule has 100 valence electrons. The number of likely N-dealkylation sites (N-methyl/N-ethyl adjacent to an activating group) is 1. The molecule has 1 aliphatic heterocycles. The van der Waals surface area contributed by atoms with Crippen LogP contribution in [0.3, 0.4) is 0 Å². The Morgan fingerprint density at radius 3 is 3.00 bits per heavy atom. The van der Waals surface area contributed by atoms with Gasteiger partial charge in [0.15, 0.2) is 0 Å². The summed E-state index contributed by atoms with van der Waals surface area (Å²) in [5.41, 5.74) is 2.13. The Bertz CT molecular complexity index is 238. The van der Waals surface area contributed by atoms with Crippen LogP contribution in [0.4, 0.5) is 0 Å². The summed E-state index contributed by atoms with van der Waals surface area (Å²) in [6, 6.07) is 0. The number of amides is 1. The molecule has 1 rings (SSSR count). The lowest BCUT2D eigenvalue weighted by molar-refractivity contribution is -0.132. The van der Waals surface area contributed by atoms with Gasteiger partial charge in [-0.25, -0.2) is 5.84 Å². The van der Waals surface area contributed by atoms with E-state index in [2.05, 4.69) is 10.3 Å². The predicted octanol–water partition coefficient (Wildman–Crippen LogP) is -0.508. The van der Waals surface area contributed by atoms with Gasteiger partial charge >= 0.3 is 0 Å². The topological polar surface area (TPSA) is 76.8 Å². The first-order valence-corrected chi connectivity index (χ1v) is 6.09. The molecular weight excluding hydrogens is 222 g/mol. The lowest BCUT2D eigenvalue weighted by Gasteiger charge is -2.20. The highest BCUT2D eigenvalue weighted by Gasteiger charge is 2.30. The van der Waals surface area contributed by atoms with Crippen LogP contribution in [0.25, 0.3) is 0 Å². The zero-order valence-corrected chi connectivity index (χ0v) is 10.6. The number of hydrogen-bond acceptors (Lipinski definition) is 5. The number of carbonyl (C=O) groups excluding carboxylic acids is 1. The van der Waals surface area contributed by atoms with E-state index in [4.69, 9.17) is 15.3 Å². The highest BCUT2D eigenvalue weighted by Crippen LogP contribution is 2.20. The quantitative estimate of drug-likeness (QED) is 0.273. The van der Waals surface area contributed by atoms with Crippen LogP contribution in [-0.4, -0.2) is 56.4 Å². The Balaban J connectivity index is 2.18. The van der Waals surface area contributed by atoms with Crippen molar-refractivity contribution < 1.29 is 14.3 Å². The van der Waals surface area contributed by atoms with E-state index in [1.807, 2.05) is 14.0 Å². The summed E-state index contributed by atoms with van der Waals surface area (Å²) in [5, 5.41) is 0. The fourth-order valence-electron chi connectivity index (χ4n) is 1.93. The van der Waals surface area contributed by atoms with Gasteiger partial charge in [-0.2, -0.15) is 0 Å². The average Bonchev–Trinajstić information content (AvgIpc) is 2.77. The molecule has 17 heavy (non-hydrogen) atoms. The summed E-state index contributed by atoms with van der Waals surface area (Å²) in [6.45, 7) is 5.15. The summed E-state index contributed by atoms with van der Waals surface area (Å²) in [4.78, 5) is 13.4. The number of hydrogen-bond donors (Lipinski definition) is 2. The van der Waals surface area contributed by atoms with Crippen molar-refractivity contribution in [3.8, 4) is 0 Å². The Kier molecular flexibility index (Phi) is 6.43. The molecule has 1 amide bonds. The van der Waals surface area contributed by atoms with E-state index in [-0.39, 0.29) is 18.1 Å². The van der Waals surface area contributed by atoms with Gasteiger partial charge in [-0.1, -0.05) is 0 Å². The molecule has 2 unspecified atom stereocenters. The van der Waals surface area contributed by atoms with Gasteiger partial charge in [-0.15, -0.1) is 0 Å². The maximum atomic E-state index is 11.3. The molecule has 0 bridgehead atoms. The molecule has 0 radical (unpaired) electrons. The third-order valence-electron chi connectivity index (χ3n) is 2.88. The van der Waals surface area contributed by atoms with E-state index < -0.39 is 0 Å². The highest BCUT2D eigenvalue weighted by molar-refractivity contribution is 5.80. The predicted molar refractivity (Wildman–Crippen MR) is 64.2 cm³/mol. The Morgan fingerprint density at radius 2 is 2.35 bits per heavy atom. The smallest absolute Gasteiger partial charge is 0.263 e. The number of carbonyl (C=O) groups is 1. The van der Waals surface area contributed by atoms with E-state index >= 15 is 0 Å². The first-order chi connectivity index (χ1) is 8.17. The summed E-state index contributed by atoms with van der Waals surface area (Å²) in [7, 11) is 2.03. The van der Waals surface area contributed by atoms with Gasteiger partial charge < -0.3 is 14.4 Å². The molecule has 1 saturated heterocycles. The number of hydrazine groups is 1. The van der Waals surface area contributed by atoms with Gasteiger partial charge in [-0.05, 0) is 26.8 Å². The van der Waals surface area contributed by atoms with Crippen molar-refractivity contribution in [2.75, 3.05) is 33.4 Å². The normalized spacial score (nSPS) is 24.2. The molecule has 0 aromatic heterocycles. The second kappa shape index (κ2) is 7.60. The Morgan fingerprint density at radius 1 is 1.59 bits per heavy atom. The second-order valence-electron chi connectivity index (χ2n) is 4.29. The summed E-state index contributed by atoms with van der Waals surface area (Å²) in [6.07, 6.45) is 1.37. The summed E-state index contributed by atoms with van der Waals surface area (Å²) >= 11 is 0. The van der Waals surface area contributed by atoms with Crippen molar-refractivity contribution >= 4 is 5.91 Å². The lowest BCUT2D eigenvalue weighted by Crippen LogP contribution is -2.40. The van der Waals surface area contributed by atoms with Crippen LogP contribution >= 0.6 is 0 Å². The van der Waals surface area contributed by atoms with Crippen LogP contribution in [0.1, 0.15) is 19.8 Å². The molecular formula is C11H23N3O3. The van der Waals surface area contributed by atoms with Crippen LogP contribution in [-0.2, 0) is 14.3 Å². The molecule has 0 saturated carbocycles. The van der Waals surface area contributed by atoms with E-state index in [1.165, 1.54) is 0 Å². The van der Waals surface area contributed by atoms with Gasteiger partial charge in [0.2, 0.25) is 0 Å². The van der Waals surface area contributed by atoms with Crippen molar-refractivity contribution in [3.05, 3.63) is 0 Å². The molecule has 1 heterocycles. The van der Waals surface area contributed by atoms with Crippen LogP contribution < -0.4 is 11.3 Å². The third-order valence-corrected chi connectivity index (χ3v) is 2.88. The Hall–Kier alpha value is -0.690. The fourth-order valence-corrected chi connectivity index (χ4v) is 1.93. The van der Waals surface area contributed by atoms with Gasteiger partial charge in [0, 0.05) is 19.7 Å². The number of nitrogens with zero attached hydrogens (tertiary/aromatic N) is 1. The second-order valence-corrected chi connectivity index (χ2v) is 4.29. The molecule has 1 fully saturated rings. The zero-order valence-electron chi connectivity index (χ0n) is 10.6. The number of ether oxygens (including phenoxy) is 2. The molecule has 0 aromatic carbocycles. The van der Waals surface area contributed by atoms with E-state index in [0.717, 1.165) is 39.1 Å². The maximum absolute atomic E-state index is 11.3. The average molecular weight is 245 g/mol. The van der Waals surface area contributed by atoms with Crippen molar-refractivity contribution in [1.82, 2.24) is 10.3 Å². The Labute approximate surface area is 102 Å². The zero-order chi connectivity index (χ0) is 12.7. The van der Waals surface area contributed by atoms with Gasteiger partial charge in [-0.3, -0.25) is 10.2 Å². The molecule has 1 aliphatic rings. The SMILES string of the molecule is CCOCCN(C)CC1CCC(C(=O)NN)O1. The number of nitrogens with two attached hydrogens (primary N) is 1. The number of nitrogens with one attached hydrogen (secondary N) is 1. The molecule has 0 spiro atoms. The van der Waals surface area contributed by atoms with Crippen molar-refractivity contribution in [2.45, 2.75) is 32.0 Å².